The number of aliphatic imine (C=N–C) groups is 1. The Morgan fingerprint density at radius 3 is 2.44 bits per heavy atom. The normalized spacial score (nSPS) is 18.9. The van der Waals surface area contributed by atoms with Gasteiger partial charge in [0.15, 0.2) is 5.96 Å². The Hall–Kier alpha value is -0.770. The standard InChI is InChI=1S/C19H39N5O2.HI/c1-8-20-17(21-13-15(4)23(9-2)10-3)24-12-11-16(14-24)22-18(25)26-19(5,6)7;/h15-16H,8-14H2,1-7H3,(H,20,21)(H,22,25);1H. The molecule has 8 heteroatoms. The summed E-state index contributed by atoms with van der Waals surface area (Å²) in [6, 6.07) is 0.505. The Bertz CT molecular complexity index is 464. The number of nitrogens with zero attached hydrogens (tertiary/aromatic N) is 3. The average Bonchev–Trinajstić information content (AvgIpc) is 2.98. The van der Waals surface area contributed by atoms with E-state index in [4.69, 9.17) is 9.73 Å². The number of carbonyl (C=O) groups excluding carboxylic acids is 1. The van der Waals surface area contributed by atoms with E-state index in [1.54, 1.807) is 0 Å². The summed E-state index contributed by atoms with van der Waals surface area (Å²) in [5, 5.41) is 6.35. The second kappa shape index (κ2) is 12.6. The predicted octanol–water partition coefficient (Wildman–Crippen LogP) is 2.90. The van der Waals surface area contributed by atoms with E-state index in [1.807, 2.05) is 20.8 Å². The third kappa shape index (κ3) is 9.82. The highest BCUT2D eigenvalue weighted by Gasteiger charge is 2.28. The number of carbonyl (C=O) groups is 1. The van der Waals surface area contributed by atoms with Crippen molar-refractivity contribution in [1.82, 2.24) is 20.4 Å². The van der Waals surface area contributed by atoms with Gasteiger partial charge >= 0.3 is 6.09 Å². The van der Waals surface area contributed by atoms with Gasteiger partial charge in [-0.2, -0.15) is 0 Å². The maximum absolute atomic E-state index is 12.0. The summed E-state index contributed by atoms with van der Waals surface area (Å²) in [4.78, 5) is 21.4. The molecule has 0 spiro atoms. The van der Waals surface area contributed by atoms with Crippen molar-refractivity contribution in [2.75, 3.05) is 39.3 Å². The van der Waals surface area contributed by atoms with Crippen LogP contribution in [0.1, 0.15) is 54.9 Å². The van der Waals surface area contributed by atoms with Crippen molar-refractivity contribution in [2.45, 2.75) is 72.6 Å². The van der Waals surface area contributed by atoms with Gasteiger partial charge < -0.3 is 20.3 Å². The van der Waals surface area contributed by atoms with Crippen molar-refractivity contribution in [3.8, 4) is 0 Å². The molecule has 0 aliphatic carbocycles. The molecule has 160 valence electrons. The molecule has 0 aromatic rings. The number of halogens is 1. The van der Waals surface area contributed by atoms with E-state index in [2.05, 4.69) is 48.1 Å². The first-order valence-electron chi connectivity index (χ1n) is 9.96. The molecular formula is C19H40IN5O2. The minimum absolute atomic E-state index is 0. The highest BCUT2D eigenvalue weighted by atomic mass is 127. The molecule has 0 bridgehead atoms. The van der Waals surface area contributed by atoms with E-state index in [-0.39, 0.29) is 36.1 Å². The van der Waals surface area contributed by atoms with Gasteiger partial charge in [-0.1, -0.05) is 13.8 Å². The zero-order valence-corrected chi connectivity index (χ0v) is 20.5. The summed E-state index contributed by atoms with van der Waals surface area (Å²) in [6.45, 7) is 19.6. The van der Waals surface area contributed by atoms with Crippen LogP contribution in [-0.2, 0) is 4.74 Å². The molecule has 1 amide bonds. The molecule has 1 rings (SSSR count). The molecule has 1 fully saturated rings. The average molecular weight is 497 g/mol. The number of guanidine groups is 1. The molecule has 1 aliphatic heterocycles. The Balaban J connectivity index is 0.00000676. The monoisotopic (exact) mass is 497 g/mol. The van der Waals surface area contributed by atoms with Crippen LogP contribution in [0.4, 0.5) is 4.79 Å². The number of hydrogen-bond donors (Lipinski definition) is 2. The molecular weight excluding hydrogens is 457 g/mol. The molecule has 2 N–H and O–H groups in total. The Morgan fingerprint density at radius 2 is 1.93 bits per heavy atom. The minimum Gasteiger partial charge on any atom is -0.444 e. The molecule has 2 unspecified atom stereocenters. The second-order valence-corrected chi connectivity index (χ2v) is 7.84. The second-order valence-electron chi connectivity index (χ2n) is 7.84. The summed E-state index contributed by atoms with van der Waals surface area (Å²) >= 11 is 0. The van der Waals surface area contributed by atoms with Crippen molar-refractivity contribution >= 4 is 36.0 Å². The number of likely N-dealkylation sites (tertiary alicyclic amines) is 1. The first kappa shape index (κ1) is 26.2. The van der Waals surface area contributed by atoms with E-state index in [0.717, 1.165) is 51.6 Å². The Morgan fingerprint density at radius 1 is 1.30 bits per heavy atom. The highest BCUT2D eigenvalue weighted by Crippen LogP contribution is 2.12. The molecule has 1 saturated heterocycles. The van der Waals surface area contributed by atoms with Crippen LogP contribution in [0.2, 0.25) is 0 Å². The van der Waals surface area contributed by atoms with Gasteiger partial charge in [-0.05, 0) is 54.1 Å². The lowest BCUT2D eigenvalue weighted by atomic mass is 10.2. The summed E-state index contributed by atoms with van der Waals surface area (Å²) in [6.07, 6.45) is 0.552. The lowest BCUT2D eigenvalue weighted by Crippen LogP contribution is -2.44. The van der Waals surface area contributed by atoms with Gasteiger partial charge in [-0.3, -0.25) is 9.89 Å². The van der Waals surface area contributed by atoms with Crippen LogP contribution >= 0.6 is 24.0 Å². The van der Waals surface area contributed by atoms with E-state index >= 15 is 0 Å². The number of ether oxygens (including phenoxy) is 1. The van der Waals surface area contributed by atoms with Crippen LogP contribution in [0.15, 0.2) is 4.99 Å². The molecule has 0 saturated carbocycles. The Labute approximate surface area is 182 Å². The van der Waals surface area contributed by atoms with E-state index in [1.165, 1.54) is 0 Å². The van der Waals surface area contributed by atoms with Crippen molar-refractivity contribution in [1.29, 1.82) is 0 Å². The van der Waals surface area contributed by atoms with Crippen LogP contribution < -0.4 is 10.6 Å². The lowest BCUT2D eigenvalue weighted by Gasteiger charge is -2.27. The van der Waals surface area contributed by atoms with Gasteiger partial charge in [0.05, 0.1) is 12.6 Å². The van der Waals surface area contributed by atoms with Crippen LogP contribution in [0, 0.1) is 0 Å². The van der Waals surface area contributed by atoms with Crippen molar-refractivity contribution in [3.05, 3.63) is 0 Å². The molecule has 0 aromatic heterocycles. The zero-order valence-electron chi connectivity index (χ0n) is 18.2. The molecule has 7 nitrogen and oxygen atoms in total. The summed E-state index contributed by atoms with van der Waals surface area (Å²) in [7, 11) is 0. The molecule has 0 radical (unpaired) electrons. The highest BCUT2D eigenvalue weighted by molar-refractivity contribution is 14.0. The topological polar surface area (TPSA) is 69.2 Å². The number of rotatable bonds is 7. The summed E-state index contributed by atoms with van der Waals surface area (Å²) in [5.41, 5.74) is -0.473. The predicted molar refractivity (Wildman–Crippen MR) is 123 cm³/mol. The fraction of sp³-hybridized carbons (Fsp3) is 0.895. The third-order valence-electron chi connectivity index (χ3n) is 4.48. The zero-order chi connectivity index (χ0) is 19.7. The smallest absolute Gasteiger partial charge is 0.407 e. The largest absolute Gasteiger partial charge is 0.444 e. The molecule has 1 heterocycles. The number of alkyl carbamates (subject to hydrolysis) is 1. The number of hydrogen-bond acceptors (Lipinski definition) is 4. The van der Waals surface area contributed by atoms with Crippen LogP contribution in [0.3, 0.4) is 0 Å². The summed E-state index contributed by atoms with van der Waals surface area (Å²) < 4.78 is 5.35. The first-order valence-corrected chi connectivity index (χ1v) is 9.96. The molecule has 27 heavy (non-hydrogen) atoms. The van der Waals surface area contributed by atoms with Crippen molar-refractivity contribution < 1.29 is 9.53 Å². The van der Waals surface area contributed by atoms with Gasteiger partial charge in [0.25, 0.3) is 0 Å². The lowest BCUT2D eigenvalue weighted by molar-refractivity contribution is 0.0507. The number of nitrogens with one attached hydrogen (secondary N) is 2. The van der Waals surface area contributed by atoms with Gasteiger partial charge in [0, 0.05) is 25.7 Å². The van der Waals surface area contributed by atoms with Gasteiger partial charge in [0.1, 0.15) is 5.60 Å². The quantitative estimate of drug-likeness (QED) is 0.322. The Kier molecular flexibility index (Phi) is 12.3. The van der Waals surface area contributed by atoms with Gasteiger partial charge in [-0.15, -0.1) is 24.0 Å². The summed E-state index contributed by atoms with van der Waals surface area (Å²) in [5.74, 6) is 0.931. The van der Waals surface area contributed by atoms with E-state index in [9.17, 15) is 4.79 Å². The van der Waals surface area contributed by atoms with E-state index < -0.39 is 5.60 Å². The van der Waals surface area contributed by atoms with E-state index in [0.29, 0.717) is 6.04 Å². The van der Waals surface area contributed by atoms with Crippen LogP contribution in [0.5, 0.6) is 0 Å². The van der Waals surface area contributed by atoms with Crippen molar-refractivity contribution in [3.63, 3.8) is 0 Å². The number of likely N-dealkylation sites (N-methyl/N-ethyl adjacent to an activating group) is 1. The third-order valence-corrected chi connectivity index (χ3v) is 4.48. The fourth-order valence-electron chi connectivity index (χ4n) is 3.15. The molecule has 1 aliphatic rings. The first-order chi connectivity index (χ1) is 12.2. The molecule has 0 aromatic carbocycles. The number of amides is 1. The van der Waals surface area contributed by atoms with Crippen LogP contribution in [0.25, 0.3) is 0 Å². The SMILES string of the molecule is CCNC(=NCC(C)N(CC)CC)N1CCC(NC(=O)OC(C)(C)C)C1.I. The molecule has 2 atom stereocenters. The van der Waals surface area contributed by atoms with Gasteiger partial charge in [0.2, 0.25) is 0 Å². The minimum atomic E-state index is -0.473. The van der Waals surface area contributed by atoms with Crippen LogP contribution in [-0.4, -0.2) is 78.8 Å². The van der Waals surface area contributed by atoms with Gasteiger partial charge in [-0.25, -0.2) is 4.79 Å². The van der Waals surface area contributed by atoms with Crippen molar-refractivity contribution in [2.24, 2.45) is 4.99 Å². The maximum atomic E-state index is 12.0. The maximum Gasteiger partial charge on any atom is 0.407 e. The fourth-order valence-corrected chi connectivity index (χ4v) is 3.15.